The van der Waals surface area contributed by atoms with Crippen molar-refractivity contribution in [3.05, 3.63) is 18.2 Å². The Kier molecular flexibility index (Phi) is 2.99. The molecule has 0 saturated carbocycles. The molecule has 0 atom stereocenters. The highest BCUT2D eigenvalue weighted by Crippen LogP contribution is 2.32. The van der Waals surface area contributed by atoms with Crippen LogP contribution in [0, 0.1) is 0 Å². The van der Waals surface area contributed by atoms with Gasteiger partial charge in [-0.1, -0.05) is 0 Å². The van der Waals surface area contributed by atoms with Crippen LogP contribution in [0.4, 0.5) is 11.4 Å². The minimum Gasteiger partial charge on any atom is -0.495 e. The van der Waals surface area contributed by atoms with E-state index in [0.717, 1.165) is 25.1 Å². The molecule has 0 aromatic heterocycles. The van der Waals surface area contributed by atoms with Crippen molar-refractivity contribution in [2.75, 3.05) is 24.3 Å². The van der Waals surface area contributed by atoms with E-state index in [-0.39, 0.29) is 5.91 Å². The van der Waals surface area contributed by atoms with Crippen LogP contribution in [0.15, 0.2) is 18.2 Å². The number of amides is 1. The first-order valence-electron chi connectivity index (χ1n) is 5.46. The van der Waals surface area contributed by atoms with Crippen LogP contribution in [0.5, 0.6) is 5.75 Å². The molecule has 1 aromatic carbocycles. The maximum Gasteiger partial charge on any atom is 0.227 e. The fourth-order valence-corrected chi connectivity index (χ4v) is 1.98. The van der Waals surface area contributed by atoms with Crippen LogP contribution in [0.25, 0.3) is 0 Å². The molecule has 4 heteroatoms. The van der Waals surface area contributed by atoms with E-state index in [1.165, 1.54) is 0 Å². The second kappa shape index (κ2) is 4.43. The Morgan fingerprint density at radius 2 is 2.19 bits per heavy atom. The van der Waals surface area contributed by atoms with Crippen LogP contribution in [0.1, 0.15) is 19.3 Å². The van der Waals surface area contributed by atoms with Gasteiger partial charge in [-0.2, -0.15) is 0 Å². The standard InChI is InChI=1S/C12H16N2O2/c1-16-11-6-5-9(13)8-10(11)14-7-3-2-4-12(14)15/h5-6,8H,2-4,7,13H2,1H3. The molecule has 1 aromatic rings. The van der Waals surface area contributed by atoms with Gasteiger partial charge in [0.05, 0.1) is 12.8 Å². The van der Waals surface area contributed by atoms with Crippen LogP contribution < -0.4 is 15.4 Å². The van der Waals surface area contributed by atoms with Gasteiger partial charge in [-0.15, -0.1) is 0 Å². The average Bonchev–Trinajstić information content (AvgIpc) is 2.29. The predicted molar refractivity (Wildman–Crippen MR) is 63.6 cm³/mol. The second-order valence-corrected chi connectivity index (χ2v) is 3.93. The summed E-state index contributed by atoms with van der Waals surface area (Å²) in [6.07, 6.45) is 2.61. The van der Waals surface area contributed by atoms with Gasteiger partial charge in [-0.25, -0.2) is 0 Å². The highest BCUT2D eigenvalue weighted by molar-refractivity contribution is 5.96. The molecule has 1 aliphatic heterocycles. The number of rotatable bonds is 2. The number of nitrogens with zero attached hydrogens (tertiary/aromatic N) is 1. The van der Waals surface area contributed by atoms with Gasteiger partial charge >= 0.3 is 0 Å². The lowest BCUT2D eigenvalue weighted by atomic mass is 10.1. The zero-order valence-electron chi connectivity index (χ0n) is 9.40. The molecule has 1 aliphatic rings. The third-order valence-corrected chi connectivity index (χ3v) is 2.82. The van der Waals surface area contributed by atoms with Crippen LogP contribution in [-0.4, -0.2) is 19.6 Å². The summed E-state index contributed by atoms with van der Waals surface area (Å²) in [4.78, 5) is 13.6. The van der Waals surface area contributed by atoms with Gasteiger partial charge < -0.3 is 15.4 Å². The van der Waals surface area contributed by atoms with Gasteiger partial charge in [-0.3, -0.25) is 4.79 Å². The van der Waals surface area contributed by atoms with Crippen LogP contribution in [0.2, 0.25) is 0 Å². The number of methoxy groups -OCH3 is 1. The highest BCUT2D eigenvalue weighted by atomic mass is 16.5. The number of anilines is 2. The molecule has 0 unspecified atom stereocenters. The lowest BCUT2D eigenvalue weighted by molar-refractivity contribution is -0.119. The van der Waals surface area contributed by atoms with E-state index in [1.54, 1.807) is 30.2 Å². The third-order valence-electron chi connectivity index (χ3n) is 2.82. The maximum atomic E-state index is 11.8. The number of nitrogens with two attached hydrogens (primary N) is 1. The summed E-state index contributed by atoms with van der Waals surface area (Å²) in [7, 11) is 1.60. The monoisotopic (exact) mass is 220 g/mol. The van der Waals surface area contributed by atoms with Crippen molar-refractivity contribution >= 4 is 17.3 Å². The fourth-order valence-electron chi connectivity index (χ4n) is 1.98. The Bertz CT molecular complexity index is 404. The first-order chi connectivity index (χ1) is 7.72. The van der Waals surface area contributed by atoms with Crippen molar-refractivity contribution in [3.8, 4) is 5.75 Å². The van der Waals surface area contributed by atoms with Gasteiger partial charge in [0.2, 0.25) is 5.91 Å². The molecule has 1 fully saturated rings. The molecule has 4 nitrogen and oxygen atoms in total. The molecule has 0 bridgehead atoms. The van der Waals surface area contributed by atoms with Crippen molar-refractivity contribution < 1.29 is 9.53 Å². The van der Waals surface area contributed by atoms with Crippen LogP contribution in [0.3, 0.4) is 0 Å². The number of nitrogen functional groups attached to an aromatic ring is 1. The molecular formula is C12H16N2O2. The Morgan fingerprint density at radius 1 is 1.38 bits per heavy atom. The first kappa shape index (κ1) is 10.8. The van der Waals surface area contributed by atoms with Crippen molar-refractivity contribution in [2.45, 2.75) is 19.3 Å². The Labute approximate surface area is 95.0 Å². The van der Waals surface area contributed by atoms with Gasteiger partial charge in [-0.05, 0) is 31.0 Å². The van der Waals surface area contributed by atoms with E-state index < -0.39 is 0 Å². The molecule has 16 heavy (non-hydrogen) atoms. The Balaban J connectivity index is 2.36. The molecule has 86 valence electrons. The predicted octanol–water partition coefficient (Wildman–Crippen LogP) is 1.79. The molecule has 2 N–H and O–H groups in total. The third kappa shape index (κ3) is 1.96. The molecular weight excluding hydrogens is 204 g/mol. The number of carbonyl (C=O) groups is 1. The molecule has 0 spiro atoms. The number of piperidine rings is 1. The number of ether oxygens (including phenoxy) is 1. The van der Waals surface area contributed by atoms with E-state index >= 15 is 0 Å². The number of hydrogen-bond acceptors (Lipinski definition) is 3. The molecule has 0 radical (unpaired) electrons. The van der Waals surface area contributed by atoms with Gasteiger partial charge in [0.1, 0.15) is 5.75 Å². The topological polar surface area (TPSA) is 55.6 Å². The van der Waals surface area contributed by atoms with Crippen molar-refractivity contribution in [1.82, 2.24) is 0 Å². The zero-order chi connectivity index (χ0) is 11.5. The van der Waals surface area contributed by atoms with E-state index in [1.807, 2.05) is 0 Å². The van der Waals surface area contributed by atoms with Gasteiger partial charge in [0, 0.05) is 18.7 Å². The summed E-state index contributed by atoms with van der Waals surface area (Å²) < 4.78 is 5.25. The van der Waals surface area contributed by atoms with E-state index in [4.69, 9.17) is 10.5 Å². The van der Waals surface area contributed by atoms with Gasteiger partial charge in [0.25, 0.3) is 0 Å². The van der Waals surface area contributed by atoms with Crippen molar-refractivity contribution in [3.63, 3.8) is 0 Å². The molecule has 1 heterocycles. The summed E-state index contributed by atoms with van der Waals surface area (Å²) in [6, 6.07) is 5.37. The minimum absolute atomic E-state index is 0.148. The average molecular weight is 220 g/mol. The number of benzene rings is 1. The van der Waals surface area contributed by atoms with Crippen molar-refractivity contribution in [2.24, 2.45) is 0 Å². The van der Waals surface area contributed by atoms with E-state index in [9.17, 15) is 4.79 Å². The lowest BCUT2D eigenvalue weighted by Gasteiger charge is -2.28. The van der Waals surface area contributed by atoms with Crippen LogP contribution >= 0.6 is 0 Å². The smallest absolute Gasteiger partial charge is 0.227 e. The van der Waals surface area contributed by atoms with Gasteiger partial charge in [0.15, 0.2) is 0 Å². The Morgan fingerprint density at radius 3 is 2.88 bits per heavy atom. The summed E-state index contributed by atoms with van der Waals surface area (Å²) in [5.74, 6) is 0.847. The molecule has 1 saturated heterocycles. The highest BCUT2D eigenvalue weighted by Gasteiger charge is 2.22. The van der Waals surface area contributed by atoms with E-state index in [2.05, 4.69) is 0 Å². The Hall–Kier alpha value is -1.71. The van der Waals surface area contributed by atoms with E-state index in [0.29, 0.717) is 17.9 Å². The van der Waals surface area contributed by atoms with Crippen LogP contribution in [-0.2, 0) is 4.79 Å². The number of hydrogen-bond donors (Lipinski definition) is 1. The molecule has 0 aliphatic carbocycles. The SMILES string of the molecule is COc1ccc(N)cc1N1CCCCC1=O. The minimum atomic E-state index is 0.148. The maximum absolute atomic E-state index is 11.8. The number of carbonyl (C=O) groups excluding carboxylic acids is 1. The molecule has 1 amide bonds. The zero-order valence-corrected chi connectivity index (χ0v) is 9.40. The summed E-state index contributed by atoms with van der Waals surface area (Å²) in [6.45, 7) is 0.749. The summed E-state index contributed by atoms with van der Waals surface area (Å²) in [5, 5.41) is 0. The summed E-state index contributed by atoms with van der Waals surface area (Å²) >= 11 is 0. The fraction of sp³-hybridized carbons (Fsp3) is 0.417. The summed E-state index contributed by atoms with van der Waals surface area (Å²) in [5.41, 5.74) is 7.17. The first-order valence-corrected chi connectivity index (χ1v) is 5.46. The normalized spacial score (nSPS) is 16.3. The molecule has 2 rings (SSSR count). The van der Waals surface area contributed by atoms with Crippen molar-refractivity contribution in [1.29, 1.82) is 0 Å². The lowest BCUT2D eigenvalue weighted by Crippen LogP contribution is -2.35. The quantitative estimate of drug-likeness (QED) is 0.773. The second-order valence-electron chi connectivity index (χ2n) is 3.93. The largest absolute Gasteiger partial charge is 0.495 e.